The summed E-state index contributed by atoms with van der Waals surface area (Å²) < 4.78 is 4.61. The highest BCUT2D eigenvalue weighted by molar-refractivity contribution is 5.78. The molecule has 1 aromatic heterocycles. The first-order valence-corrected chi connectivity index (χ1v) is 10.9. The fourth-order valence-corrected chi connectivity index (χ4v) is 4.17. The number of amides is 2. The number of nitrogens with zero attached hydrogens (tertiary/aromatic N) is 2. The predicted octanol–water partition coefficient (Wildman–Crippen LogP) is 4.54. The topological polar surface area (TPSA) is 87.3 Å². The molecule has 2 atom stereocenters. The molecular formula is C25H28N4O3. The zero-order valence-electron chi connectivity index (χ0n) is 18.4. The van der Waals surface area contributed by atoms with E-state index in [0.717, 1.165) is 35.5 Å². The van der Waals surface area contributed by atoms with Gasteiger partial charge in [-0.15, -0.1) is 0 Å². The van der Waals surface area contributed by atoms with Gasteiger partial charge in [0.05, 0.1) is 25.0 Å². The summed E-state index contributed by atoms with van der Waals surface area (Å²) >= 11 is 0. The second kappa shape index (κ2) is 9.68. The first kappa shape index (κ1) is 21.6. The van der Waals surface area contributed by atoms with Crippen LogP contribution < -0.4 is 5.32 Å². The SMILES string of the molecule is COC(=O)N[C@@H](C)CC(=O)N1CCC[C@H]1c1ncc(-c2ccc(-c3ccccc3)cc2)[nH]1. The number of benzene rings is 2. The number of carbonyl (C=O) groups is 2. The maximum Gasteiger partial charge on any atom is 0.407 e. The molecule has 4 rings (SSSR count). The van der Waals surface area contributed by atoms with Gasteiger partial charge in [0.1, 0.15) is 5.82 Å². The number of aromatic amines is 1. The van der Waals surface area contributed by atoms with Crippen LogP contribution in [0, 0.1) is 0 Å². The number of carbonyl (C=O) groups excluding carboxylic acids is 2. The van der Waals surface area contributed by atoms with Crippen LogP contribution in [0.3, 0.4) is 0 Å². The van der Waals surface area contributed by atoms with Crippen LogP contribution >= 0.6 is 0 Å². The van der Waals surface area contributed by atoms with Crippen molar-refractivity contribution in [1.29, 1.82) is 0 Å². The van der Waals surface area contributed by atoms with Crippen molar-refractivity contribution in [3.05, 3.63) is 66.6 Å². The van der Waals surface area contributed by atoms with E-state index in [-0.39, 0.29) is 24.4 Å². The monoisotopic (exact) mass is 432 g/mol. The Morgan fingerprint density at radius 2 is 1.81 bits per heavy atom. The molecule has 2 N–H and O–H groups in total. The molecule has 2 aromatic carbocycles. The van der Waals surface area contributed by atoms with E-state index in [1.165, 1.54) is 12.7 Å². The Labute approximate surface area is 187 Å². The zero-order valence-corrected chi connectivity index (χ0v) is 18.4. The fraction of sp³-hybridized carbons (Fsp3) is 0.320. The molecule has 3 aromatic rings. The van der Waals surface area contributed by atoms with E-state index in [2.05, 4.69) is 56.4 Å². The van der Waals surface area contributed by atoms with Crippen molar-refractivity contribution in [1.82, 2.24) is 20.2 Å². The molecule has 1 aliphatic rings. The largest absolute Gasteiger partial charge is 0.453 e. The highest BCUT2D eigenvalue weighted by atomic mass is 16.5. The van der Waals surface area contributed by atoms with Crippen LogP contribution in [0.4, 0.5) is 4.79 Å². The van der Waals surface area contributed by atoms with Gasteiger partial charge in [-0.3, -0.25) is 4.79 Å². The molecular weight excluding hydrogens is 404 g/mol. The molecule has 1 fully saturated rings. The van der Waals surface area contributed by atoms with E-state index in [0.29, 0.717) is 6.54 Å². The summed E-state index contributed by atoms with van der Waals surface area (Å²) in [5.41, 5.74) is 4.33. The number of ether oxygens (including phenoxy) is 1. The standard InChI is InChI=1S/C25H28N4O3/c1-17(27-25(31)32-2)15-23(30)29-14-6-9-22(29)24-26-16-21(28-24)20-12-10-19(11-13-20)18-7-4-3-5-8-18/h3-5,7-8,10-13,16-17,22H,6,9,14-15H2,1-2H3,(H,26,28)(H,27,31)/t17-,22-/m0/s1. The van der Waals surface area contributed by atoms with E-state index >= 15 is 0 Å². The lowest BCUT2D eigenvalue weighted by Gasteiger charge is -2.25. The molecule has 0 bridgehead atoms. The Hall–Kier alpha value is -3.61. The Morgan fingerprint density at radius 1 is 1.12 bits per heavy atom. The van der Waals surface area contributed by atoms with Crippen molar-refractivity contribution in [2.75, 3.05) is 13.7 Å². The van der Waals surface area contributed by atoms with Gasteiger partial charge in [-0.05, 0) is 36.5 Å². The van der Waals surface area contributed by atoms with Crippen molar-refractivity contribution in [2.24, 2.45) is 0 Å². The van der Waals surface area contributed by atoms with Gasteiger partial charge in [0.25, 0.3) is 0 Å². The van der Waals surface area contributed by atoms with Crippen LogP contribution in [0.25, 0.3) is 22.4 Å². The summed E-state index contributed by atoms with van der Waals surface area (Å²) in [6.45, 7) is 2.49. The molecule has 0 spiro atoms. The smallest absolute Gasteiger partial charge is 0.407 e. The minimum absolute atomic E-state index is 0.00145. The van der Waals surface area contributed by atoms with Gasteiger partial charge in [0, 0.05) is 19.0 Å². The molecule has 1 aliphatic heterocycles. The number of imidazole rings is 1. The highest BCUT2D eigenvalue weighted by Gasteiger charge is 2.32. The number of rotatable bonds is 6. The number of likely N-dealkylation sites (tertiary alicyclic amines) is 1. The van der Waals surface area contributed by atoms with E-state index in [4.69, 9.17) is 0 Å². The number of hydrogen-bond acceptors (Lipinski definition) is 4. The normalized spacial score (nSPS) is 16.6. The second-order valence-electron chi connectivity index (χ2n) is 8.11. The number of methoxy groups -OCH3 is 1. The average Bonchev–Trinajstić information content (AvgIpc) is 3.49. The van der Waals surface area contributed by atoms with Crippen LogP contribution in [-0.4, -0.2) is 46.6 Å². The van der Waals surface area contributed by atoms with E-state index < -0.39 is 6.09 Å². The van der Waals surface area contributed by atoms with Crippen molar-refractivity contribution < 1.29 is 14.3 Å². The number of aromatic nitrogens is 2. The van der Waals surface area contributed by atoms with Crippen molar-refractivity contribution in [2.45, 2.75) is 38.3 Å². The second-order valence-corrected chi connectivity index (χ2v) is 8.11. The third-order valence-electron chi connectivity index (χ3n) is 5.82. The predicted molar refractivity (Wildman–Crippen MR) is 123 cm³/mol. The highest BCUT2D eigenvalue weighted by Crippen LogP contribution is 2.32. The summed E-state index contributed by atoms with van der Waals surface area (Å²) in [6.07, 6.45) is 3.31. The minimum atomic E-state index is -0.530. The Morgan fingerprint density at radius 3 is 2.53 bits per heavy atom. The minimum Gasteiger partial charge on any atom is -0.453 e. The van der Waals surface area contributed by atoms with Gasteiger partial charge >= 0.3 is 6.09 Å². The number of hydrogen-bond donors (Lipinski definition) is 2. The maximum atomic E-state index is 12.9. The summed E-state index contributed by atoms with van der Waals surface area (Å²) in [4.78, 5) is 34.1. The molecule has 0 aliphatic carbocycles. The number of nitrogens with one attached hydrogen (secondary N) is 2. The summed E-state index contributed by atoms with van der Waals surface area (Å²) in [7, 11) is 1.31. The van der Waals surface area contributed by atoms with Gasteiger partial charge in [-0.2, -0.15) is 0 Å². The molecule has 2 amide bonds. The first-order chi connectivity index (χ1) is 15.5. The first-order valence-electron chi connectivity index (χ1n) is 10.9. The Balaban J connectivity index is 1.44. The molecule has 166 valence electrons. The quantitative estimate of drug-likeness (QED) is 0.599. The van der Waals surface area contributed by atoms with Gasteiger partial charge in [-0.1, -0.05) is 54.6 Å². The maximum absolute atomic E-state index is 12.9. The van der Waals surface area contributed by atoms with E-state index in [9.17, 15) is 9.59 Å². The van der Waals surface area contributed by atoms with Gasteiger partial charge in [0.2, 0.25) is 5.91 Å². The lowest BCUT2D eigenvalue weighted by molar-refractivity contribution is -0.132. The van der Waals surface area contributed by atoms with Crippen LogP contribution in [0.15, 0.2) is 60.8 Å². The number of H-pyrrole nitrogens is 1. The van der Waals surface area contributed by atoms with E-state index in [1.807, 2.05) is 29.3 Å². The van der Waals surface area contributed by atoms with Crippen molar-refractivity contribution >= 4 is 12.0 Å². The zero-order chi connectivity index (χ0) is 22.5. The molecule has 7 heteroatoms. The Kier molecular flexibility index (Phi) is 6.54. The van der Waals surface area contributed by atoms with E-state index in [1.54, 1.807) is 6.92 Å². The molecule has 32 heavy (non-hydrogen) atoms. The van der Waals surface area contributed by atoms with Crippen LogP contribution in [0.5, 0.6) is 0 Å². The van der Waals surface area contributed by atoms with Gasteiger partial charge < -0.3 is 19.9 Å². The average molecular weight is 433 g/mol. The lowest BCUT2D eigenvalue weighted by Crippen LogP contribution is -2.39. The van der Waals surface area contributed by atoms with Crippen LogP contribution in [-0.2, 0) is 9.53 Å². The molecule has 7 nitrogen and oxygen atoms in total. The van der Waals surface area contributed by atoms with Gasteiger partial charge in [0.15, 0.2) is 0 Å². The third kappa shape index (κ3) is 4.82. The van der Waals surface area contributed by atoms with Gasteiger partial charge in [-0.25, -0.2) is 9.78 Å². The summed E-state index contributed by atoms with van der Waals surface area (Å²) in [6, 6.07) is 18.3. The van der Waals surface area contributed by atoms with Crippen LogP contribution in [0.2, 0.25) is 0 Å². The molecule has 1 saturated heterocycles. The molecule has 0 saturated carbocycles. The third-order valence-corrected chi connectivity index (χ3v) is 5.82. The number of alkyl carbamates (subject to hydrolysis) is 1. The van der Waals surface area contributed by atoms with Crippen LogP contribution in [0.1, 0.15) is 38.1 Å². The van der Waals surface area contributed by atoms with Crippen molar-refractivity contribution in [3.8, 4) is 22.4 Å². The lowest BCUT2D eigenvalue weighted by atomic mass is 10.0. The van der Waals surface area contributed by atoms with Crippen molar-refractivity contribution in [3.63, 3.8) is 0 Å². The Bertz CT molecular complexity index is 1060. The molecule has 0 unspecified atom stereocenters. The fourth-order valence-electron chi connectivity index (χ4n) is 4.17. The molecule has 0 radical (unpaired) electrons. The summed E-state index contributed by atoms with van der Waals surface area (Å²) in [5.74, 6) is 0.799. The summed E-state index contributed by atoms with van der Waals surface area (Å²) in [5, 5.41) is 2.65. The molecule has 2 heterocycles.